The molecule has 0 aromatic rings. The van der Waals surface area contributed by atoms with Gasteiger partial charge in [0, 0.05) is 17.5 Å². The highest BCUT2D eigenvalue weighted by molar-refractivity contribution is 5.89. The molecule has 0 aromatic heterocycles. The first-order valence-electron chi connectivity index (χ1n) is 7.79. The van der Waals surface area contributed by atoms with Gasteiger partial charge in [-0.3, -0.25) is 4.79 Å². The van der Waals surface area contributed by atoms with Gasteiger partial charge in [0.1, 0.15) is 0 Å². The lowest BCUT2D eigenvalue weighted by Crippen LogP contribution is -2.57. The smallest absolute Gasteiger partial charge is 0.156 e. The van der Waals surface area contributed by atoms with Crippen LogP contribution in [-0.4, -0.2) is 31.0 Å². The van der Waals surface area contributed by atoms with E-state index >= 15 is 0 Å². The second-order valence-corrected chi connectivity index (χ2v) is 6.15. The zero-order valence-electron chi connectivity index (χ0n) is 14.0. The Hall–Kier alpha value is -0.410. The molecule has 0 radical (unpaired) electrons. The monoisotopic (exact) mass is 270 g/mol. The van der Waals surface area contributed by atoms with Crippen molar-refractivity contribution in [3.05, 3.63) is 0 Å². The van der Waals surface area contributed by atoms with Crippen molar-refractivity contribution in [2.45, 2.75) is 78.8 Å². The van der Waals surface area contributed by atoms with Gasteiger partial charge in [-0.15, -0.1) is 0 Å². The van der Waals surface area contributed by atoms with Crippen LogP contribution in [0.15, 0.2) is 0 Å². The maximum Gasteiger partial charge on any atom is 0.156 e. The Morgan fingerprint density at radius 2 is 1.47 bits per heavy atom. The van der Waals surface area contributed by atoms with Gasteiger partial charge in [-0.2, -0.15) is 0 Å². The number of hydrogen-bond donors (Lipinski definition) is 2. The van der Waals surface area contributed by atoms with Gasteiger partial charge in [0.05, 0.1) is 6.04 Å². The van der Waals surface area contributed by atoms with Gasteiger partial charge < -0.3 is 10.6 Å². The number of carbonyl (C=O) groups excluding carboxylic acids is 1. The number of nitrogens with one attached hydrogen (secondary N) is 2. The van der Waals surface area contributed by atoms with Crippen LogP contribution < -0.4 is 10.6 Å². The van der Waals surface area contributed by atoms with E-state index in [1.54, 1.807) is 0 Å². The van der Waals surface area contributed by atoms with Gasteiger partial charge >= 0.3 is 0 Å². The molecule has 0 aliphatic carbocycles. The van der Waals surface area contributed by atoms with Crippen molar-refractivity contribution in [3.63, 3.8) is 0 Å². The first-order valence-corrected chi connectivity index (χ1v) is 7.79. The summed E-state index contributed by atoms with van der Waals surface area (Å²) in [7, 11) is 1.91. The minimum Gasteiger partial charge on any atom is -0.318 e. The molecule has 1 atom stereocenters. The molecule has 0 rings (SSSR count). The van der Waals surface area contributed by atoms with Crippen molar-refractivity contribution >= 4 is 5.78 Å². The maximum absolute atomic E-state index is 12.8. The van der Waals surface area contributed by atoms with E-state index in [1.807, 2.05) is 7.05 Å². The van der Waals surface area contributed by atoms with Gasteiger partial charge in [-0.05, 0) is 39.7 Å². The third kappa shape index (κ3) is 4.88. The average molecular weight is 270 g/mol. The van der Waals surface area contributed by atoms with E-state index in [4.69, 9.17) is 0 Å². The molecular formula is C16H34N2O. The van der Waals surface area contributed by atoms with Crippen molar-refractivity contribution in [3.8, 4) is 0 Å². The van der Waals surface area contributed by atoms with Gasteiger partial charge in [0.2, 0.25) is 0 Å². The topological polar surface area (TPSA) is 41.1 Å². The van der Waals surface area contributed by atoms with Crippen LogP contribution in [0, 0.1) is 5.41 Å². The van der Waals surface area contributed by atoms with E-state index in [2.05, 4.69) is 52.2 Å². The van der Waals surface area contributed by atoms with E-state index in [-0.39, 0.29) is 17.0 Å². The van der Waals surface area contributed by atoms with E-state index in [0.717, 1.165) is 25.7 Å². The summed E-state index contributed by atoms with van der Waals surface area (Å²) in [4.78, 5) is 12.8. The summed E-state index contributed by atoms with van der Waals surface area (Å²) in [6.45, 7) is 13.6. The standard InChI is InChI=1S/C16H34N2O/c1-8-15(5,9-2)14(19)13(12-17-7)18-16(6,10-3)11-4/h13,17-18H,8-12H2,1-7H3. The predicted molar refractivity (Wildman–Crippen MR) is 83.5 cm³/mol. The molecule has 114 valence electrons. The molecular weight excluding hydrogens is 236 g/mol. The zero-order chi connectivity index (χ0) is 15.1. The fraction of sp³-hybridized carbons (Fsp3) is 0.938. The van der Waals surface area contributed by atoms with Gasteiger partial charge in [-0.1, -0.05) is 34.6 Å². The summed E-state index contributed by atoms with van der Waals surface area (Å²) in [5, 5.41) is 6.75. The Morgan fingerprint density at radius 3 is 1.79 bits per heavy atom. The molecule has 0 aromatic carbocycles. The Labute approximate surface area is 119 Å². The SMILES string of the molecule is CCC(C)(CC)NC(CNC)C(=O)C(C)(CC)CC. The Kier molecular flexibility index (Phi) is 7.83. The molecule has 3 nitrogen and oxygen atoms in total. The molecule has 3 heteroatoms. The van der Waals surface area contributed by atoms with Crippen LogP contribution in [-0.2, 0) is 4.79 Å². The molecule has 0 bridgehead atoms. The largest absolute Gasteiger partial charge is 0.318 e. The summed E-state index contributed by atoms with van der Waals surface area (Å²) >= 11 is 0. The average Bonchev–Trinajstić information content (AvgIpc) is 2.44. The van der Waals surface area contributed by atoms with Crippen LogP contribution in [0.1, 0.15) is 67.2 Å². The van der Waals surface area contributed by atoms with Crippen molar-refractivity contribution < 1.29 is 4.79 Å². The number of likely N-dealkylation sites (N-methyl/N-ethyl adjacent to an activating group) is 1. The van der Waals surface area contributed by atoms with Crippen molar-refractivity contribution in [1.29, 1.82) is 0 Å². The van der Waals surface area contributed by atoms with E-state index in [1.165, 1.54) is 0 Å². The molecule has 0 aliphatic heterocycles. The highest BCUT2D eigenvalue weighted by Gasteiger charge is 2.36. The molecule has 0 fully saturated rings. The minimum absolute atomic E-state index is 0.0412. The first kappa shape index (κ1) is 18.6. The summed E-state index contributed by atoms with van der Waals surface area (Å²) in [6.07, 6.45) is 3.87. The first-order chi connectivity index (χ1) is 8.82. The fourth-order valence-electron chi connectivity index (χ4n) is 2.31. The summed E-state index contributed by atoms with van der Waals surface area (Å²) in [5.41, 5.74) is -0.170. The summed E-state index contributed by atoms with van der Waals surface area (Å²) in [6, 6.07) is -0.0974. The van der Waals surface area contributed by atoms with Crippen LogP contribution in [0.4, 0.5) is 0 Å². The Bertz CT molecular complexity index is 268. The maximum atomic E-state index is 12.8. The van der Waals surface area contributed by atoms with Gasteiger partial charge in [0.25, 0.3) is 0 Å². The van der Waals surface area contributed by atoms with Crippen molar-refractivity contribution in [2.24, 2.45) is 5.41 Å². The van der Waals surface area contributed by atoms with Crippen molar-refractivity contribution in [1.82, 2.24) is 10.6 Å². The number of rotatable bonds is 10. The fourth-order valence-corrected chi connectivity index (χ4v) is 2.31. The molecule has 0 amide bonds. The van der Waals surface area contributed by atoms with E-state index < -0.39 is 0 Å². The second kappa shape index (κ2) is 8.01. The lowest BCUT2D eigenvalue weighted by atomic mass is 9.77. The quantitative estimate of drug-likeness (QED) is 0.641. The predicted octanol–water partition coefficient (Wildman–Crippen LogP) is 3.14. The molecule has 0 spiro atoms. The van der Waals surface area contributed by atoms with Crippen LogP contribution in [0.3, 0.4) is 0 Å². The Balaban J connectivity index is 5.05. The molecule has 0 aliphatic rings. The minimum atomic E-state index is -0.211. The van der Waals surface area contributed by atoms with Crippen LogP contribution in [0.2, 0.25) is 0 Å². The van der Waals surface area contributed by atoms with Crippen molar-refractivity contribution in [2.75, 3.05) is 13.6 Å². The Morgan fingerprint density at radius 1 is 1.00 bits per heavy atom. The zero-order valence-corrected chi connectivity index (χ0v) is 14.0. The van der Waals surface area contributed by atoms with Crippen LogP contribution >= 0.6 is 0 Å². The number of ketones is 1. The number of hydrogen-bond acceptors (Lipinski definition) is 3. The molecule has 19 heavy (non-hydrogen) atoms. The van der Waals surface area contributed by atoms with Gasteiger partial charge in [0.15, 0.2) is 5.78 Å². The molecule has 0 saturated carbocycles. The van der Waals surface area contributed by atoms with E-state index in [0.29, 0.717) is 12.3 Å². The molecule has 0 saturated heterocycles. The third-order valence-electron chi connectivity index (χ3n) is 4.96. The third-order valence-corrected chi connectivity index (χ3v) is 4.96. The van der Waals surface area contributed by atoms with Crippen LogP contribution in [0.5, 0.6) is 0 Å². The van der Waals surface area contributed by atoms with E-state index in [9.17, 15) is 4.79 Å². The number of Topliss-reactive ketones (excluding diaryl/α,β-unsaturated/α-hetero) is 1. The highest BCUT2D eigenvalue weighted by Crippen LogP contribution is 2.29. The highest BCUT2D eigenvalue weighted by atomic mass is 16.1. The summed E-state index contributed by atoms with van der Waals surface area (Å²) in [5.74, 6) is 0.347. The lowest BCUT2D eigenvalue weighted by molar-refractivity contribution is -0.131. The van der Waals surface area contributed by atoms with Gasteiger partial charge in [-0.25, -0.2) is 0 Å². The number of carbonyl (C=O) groups is 1. The normalized spacial score (nSPS) is 14.5. The second-order valence-electron chi connectivity index (χ2n) is 6.15. The van der Waals surface area contributed by atoms with Crippen LogP contribution in [0.25, 0.3) is 0 Å². The molecule has 2 N–H and O–H groups in total. The lowest BCUT2D eigenvalue weighted by Gasteiger charge is -2.37. The molecule has 1 unspecified atom stereocenters. The summed E-state index contributed by atoms with van der Waals surface area (Å²) < 4.78 is 0. The molecule has 0 heterocycles.